The van der Waals surface area contributed by atoms with Crippen LogP contribution < -0.4 is 10.6 Å². The molecule has 5 rings (SSSR count). The van der Waals surface area contributed by atoms with E-state index in [2.05, 4.69) is 51.9 Å². The molecule has 0 aliphatic carbocycles. The van der Waals surface area contributed by atoms with Crippen molar-refractivity contribution in [1.82, 2.24) is 15.5 Å². The van der Waals surface area contributed by atoms with Crippen LogP contribution in [0.1, 0.15) is 80.1 Å². The number of carbonyl (C=O) groups excluding carboxylic acids is 2. The smallest absolute Gasteiger partial charge is 0.325 e. The van der Waals surface area contributed by atoms with Crippen LogP contribution >= 0.6 is 0 Å². The van der Waals surface area contributed by atoms with Crippen LogP contribution in [-0.2, 0) is 32.2 Å². The van der Waals surface area contributed by atoms with Gasteiger partial charge in [0.1, 0.15) is 6.54 Å². The molecule has 3 aromatic carbocycles. The van der Waals surface area contributed by atoms with E-state index in [0.717, 1.165) is 59.4 Å². The van der Waals surface area contributed by atoms with Crippen LogP contribution in [0.3, 0.4) is 0 Å². The first-order valence-electron chi connectivity index (χ1n) is 16.6. The number of aliphatic hydroxyl groups is 1. The summed E-state index contributed by atoms with van der Waals surface area (Å²) in [4.78, 5) is 26.2. The van der Waals surface area contributed by atoms with Gasteiger partial charge in [-0.2, -0.15) is 0 Å². The Bertz CT molecular complexity index is 1390. The summed E-state index contributed by atoms with van der Waals surface area (Å²) in [7, 11) is 0. The van der Waals surface area contributed by atoms with Crippen molar-refractivity contribution in [3.05, 3.63) is 95.1 Å². The Hall–Kier alpha value is -3.76. The van der Waals surface area contributed by atoms with Gasteiger partial charge in [0.05, 0.1) is 25.4 Å². The molecular weight excluding hydrogens is 582 g/mol. The number of amides is 2. The van der Waals surface area contributed by atoms with Crippen LogP contribution in [0.5, 0.6) is 0 Å². The molecule has 2 amide bonds. The zero-order valence-electron chi connectivity index (χ0n) is 26.8. The molecule has 0 unspecified atom stereocenters. The number of aliphatic hydroxyl groups excluding tert-OH is 1. The lowest BCUT2D eigenvalue weighted by Gasteiger charge is -2.38. The van der Waals surface area contributed by atoms with Gasteiger partial charge in [0.25, 0.3) is 0 Å². The maximum atomic E-state index is 12.1. The fourth-order valence-corrected chi connectivity index (χ4v) is 6.12. The van der Waals surface area contributed by atoms with Crippen LogP contribution in [0.4, 0.5) is 4.79 Å². The van der Waals surface area contributed by atoms with Crippen molar-refractivity contribution in [2.45, 2.75) is 77.1 Å². The topological polar surface area (TPSA) is 109 Å². The lowest BCUT2D eigenvalue weighted by atomic mass is 9.98. The summed E-state index contributed by atoms with van der Waals surface area (Å²) in [6, 6.07) is 23.9. The molecule has 3 aromatic rings. The fraction of sp³-hybridized carbons (Fsp3) is 0.459. The van der Waals surface area contributed by atoms with E-state index in [1.165, 1.54) is 32.1 Å². The van der Waals surface area contributed by atoms with E-state index in [1.54, 1.807) is 6.92 Å². The standard InChI is InChI=1S/C37H47N3O6/c1-2-44-35(42)24-39-37(43)38-23-28-9-8-10-32(21-28)29-15-17-31(18-16-29)36-45-33(25-40-19-6-4-3-5-7-20-40)22-34(46-36)30-13-11-27(26-41)12-14-30/h8-18,21,33-34,36,41H,2-7,19-20,22-26H2,1H3,(H2,38,39,43)/t33-,34+,36+/m1/s1. The molecule has 9 nitrogen and oxygen atoms in total. The number of likely N-dealkylation sites (tertiary alicyclic amines) is 1. The predicted molar refractivity (Wildman–Crippen MR) is 177 cm³/mol. The Morgan fingerprint density at radius 2 is 1.57 bits per heavy atom. The average Bonchev–Trinajstić information content (AvgIpc) is 3.08. The molecule has 0 aromatic heterocycles. The van der Waals surface area contributed by atoms with Crippen molar-refractivity contribution in [3.8, 4) is 11.1 Å². The highest BCUT2D eigenvalue weighted by Crippen LogP contribution is 2.39. The van der Waals surface area contributed by atoms with Crippen LogP contribution in [0.15, 0.2) is 72.8 Å². The molecule has 3 N–H and O–H groups in total. The van der Waals surface area contributed by atoms with Gasteiger partial charge in [-0.25, -0.2) is 4.79 Å². The molecule has 3 atom stereocenters. The normalized spacial score (nSPS) is 20.7. The maximum absolute atomic E-state index is 12.1. The summed E-state index contributed by atoms with van der Waals surface area (Å²) < 4.78 is 18.1. The van der Waals surface area contributed by atoms with E-state index in [-0.39, 0.29) is 32.0 Å². The third kappa shape index (κ3) is 9.87. The highest BCUT2D eigenvalue weighted by molar-refractivity contribution is 5.80. The summed E-state index contributed by atoms with van der Waals surface area (Å²) in [5, 5.41) is 14.8. The predicted octanol–water partition coefficient (Wildman–Crippen LogP) is 6.02. The second-order valence-corrected chi connectivity index (χ2v) is 12.1. The molecule has 2 fully saturated rings. The molecular formula is C37H47N3O6. The Labute approximate surface area is 272 Å². The minimum Gasteiger partial charge on any atom is -0.465 e. The van der Waals surface area contributed by atoms with Gasteiger partial charge in [-0.3, -0.25) is 4.79 Å². The van der Waals surface area contributed by atoms with Crippen molar-refractivity contribution in [2.24, 2.45) is 0 Å². The van der Waals surface area contributed by atoms with Crippen molar-refractivity contribution in [1.29, 1.82) is 0 Å². The Morgan fingerprint density at radius 1 is 0.848 bits per heavy atom. The molecule has 0 bridgehead atoms. The van der Waals surface area contributed by atoms with Gasteiger partial charge < -0.3 is 34.9 Å². The molecule has 2 saturated heterocycles. The molecule has 0 saturated carbocycles. The zero-order valence-corrected chi connectivity index (χ0v) is 26.8. The number of rotatable bonds is 11. The number of urea groups is 1. The molecule has 9 heteroatoms. The Morgan fingerprint density at radius 3 is 2.28 bits per heavy atom. The third-order valence-electron chi connectivity index (χ3n) is 8.62. The largest absolute Gasteiger partial charge is 0.465 e. The minimum absolute atomic E-state index is 0.0212. The fourth-order valence-electron chi connectivity index (χ4n) is 6.12. The lowest BCUT2D eigenvalue weighted by molar-refractivity contribution is -0.253. The van der Waals surface area contributed by atoms with Gasteiger partial charge in [0, 0.05) is 25.1 Å². The SMILES string of the molecule is CCOC(=O)CNC(=O)NCc1cccc(-c2ccc([C@H]3O[C@@H](CN4CCCCCCC4)C[C@@H](c4ccc(CO)cc4)O3)cc2)c1. The average molecular weight is 630 g/mol. The summed E-state index contributed by atoms with van der Waals surface area (Å²) in [5.41, 5.74) is 5.96. The van der Waals surface area contributed by atoms with E-state index in [1.807, 2.05) is 36.4 Å². The molecule has 2 heterocycles. The number of carbonyl (C=O) groups is 2. The van der Waals surface area contributed by atoms with Gasteiger partial charge >= 0.3 is 12.0 Å². The molecule has 2 aliphatic heterocycles. The first-order valence-corrected chi connectivity index (χ1v) is 16.6. The van der Waals surface area contributed by atoms with Crippen molar-refractivity contribution < 1.29 is 28.9 Å². The number of esters is 1. The van der Waals surface area contributed by atoms with Gasteiger partial charge in [-0.15, -0.1) is 0 Å². The van der Waals surface area contributed by atoms with E-state index >= 15 is 0 Å². The molecule has 0 radical (unpaired) electrons. The highest BCUT2D eigenvalue weighted by atomic mass is 16.7. The number of benzene rings is 3. The Kier molecular flexibility index (Phi) is 12.6. The van der Waals surface area contributed by atoms with Crippen molar-refractivity contribution in [3.63, 3.8) is 0 Å². The second-order valence-electron chi connectivity index (χ2n) is 12.1. The number of nitrogens with one attached hydrogen (secondary N) is 2. The summed E-state index contributed by atoms with van der Waals surface area (Å²) >= 11 is 0. The van der Waals surface area contributed by atoms with E-state index in [9.17, 15) is 14.7 Å². The zero-order chi connectivity index (χ0) is 32.1. The summed E-state index contributed by atoms with van der Waals surface area (Å²) in [5.74, 6) is -0.470. The first-order chi connectivity index (χ1) is 22.5. The lowest BCUT2D eigenvalue weighted by Crippen LogP contribution is -2.40. The van der Waals surface area contributed by atoms with Crippen LogP contribution in [-0.4, -0.2) is 60.9 Å². The van der Waals surface area contributed by atoms with E-state index in [4.69, 9.17) is 14.2 Å². The Balaban J connectivity index is 1.25. The van der Waals surface area contributed by atoms with Gasteiger partial charge in [-0.05, 0) is 66.7 Å². The number of hydrogen-bond donors (Lipinski definition) is 3. The van der Waals surface area contributed by atoms with Crippen LogP contribution in [0.2, 0.25) is 0 Å². The number of ether oxygens (including phenoxy) is 3. The number of hydrogen-bond acceptors (Lipinski definition) is 7. The second kappa shape index (κ2) is 17.2. The van der Waals surface area contributed by atoms with Crippen LogP contribution in [0.25, 0.3) is 11.1 Å². The molecule has 0 spiro atoms. The quantitative estimate of drug-likeness (QED) is 0.223. The molecule has 246 valence electrons. The minimum atomic E-state index is -0.492. The van der Waals surface area contributed by atoms with E-state index in [0.29, 0.717) is 6.54 Å². The van der Waals surface area contributed by atoms with Crippen LogP contribution in [0, 0.1) is 0 Å². The monoisotopic (exact) mass is 629 g/mol. The highest BCUT2D eigenvalue weighted by Gasteiger charge is 2.33. The van der Waals surface area contributed by atoms with Gasteiger partial charge in [-0.1, -0.05) is 86.0 Å². The van der Waals surface area contributed by atoms with Gasteiger partial charge in [0.15, 0.2) is 6.29 Å². The van der Waals surface area contributed by atoms with Gasteiger partial charge in [0.2, 0.25) is 0 Å². The van der Waals surface area contributed by atoms with Crippen molar-refractivity contribution in [2.75, 3.05) is 32.8 Å². The summed E-state index contributed by atoms with van der Waals surface area (Å²) in [6.45, 7) is 5.29. The summed E-state index contributed by atoms with van der Waals surface area (Å²) in [6.07, 6.45) is 6.63. The molecule has 46 heavy (non-hydrogen) atoms. The first kappa shape index (κ1) is 33.6. The number of nitrogens with zero attached hydrogens (tertiary/aromatic N) is 1. The third-order valence-corrected chi connectivity index (χ3v) is 8.62. The van der Waals surface area contributed by atoms with E-state index < -0.39 is 18.3 Å². The molecule has 2 aliphatic rings. The maximum Gasteiger partial charge on any atom is 0.325 e. The van der Waals surface area contributed by atoms with Crippen molar-refractivity contribution >= 4 is 12.0 Å².